The number of thioether (sulfide) groups is 1. The standard InChI is InChI=1S/C16H23N3O2S/c1-21-14-10-13(11-17-12-14)18-6-8-19(9-7-18)15(20)16(22-2)4-3-5-16/h10-12H,3-9H2,1-2H3. The van der Waals surface area contributed by atoms with E-state index >= 15 is 0 Å². The van der Waals surface area contributed by atoms with Gasteiger partial charge in [0, 0.05) is 32.2 Å². The van der Waals surface area contributed by atoms with Crippen molar-refractivity contribution in [2.45, 2.75) is 24.0 Å². The highest BCUT2D eigenvalue weighted by molar-refractivity contribution is 8.00. The Balaban J connectivity index is 1.61. The van der Waals surface area contributed by atoms with Gasteiger partial charge in [-0.3, -0.25) is 9.78 Å². The Hall–Kier alpha value is -1.43. The number of hydrogen-bond acceptors (Lipinski definition) is 5. The zero-order valence-corrected chi connectivity index (χ0v) is 14.1. The lowest BCUT2D eigenvalue weighted by atomic mass is 9.83. The van der Waals surface area contributed by atoms with Gasteiger partial charge in [-0.25, -0.2) is 0 Å². The summed E-state index contributed by atoms with van der Waals surface area (Å²) in [7, 11) is 1.65. The van der Waals surface area contributed by atoms with Gasteiger partial charge in [0.25, 0.3) is 0 Å². The largest absolute Gasteiger partial charge is 0.495 e. The van der Waals surface area contributed by atoms with E-state index in [0.29, 0.717) is 5.91 Å². The number of nitrogens with zero attached hydrogens (tertiary/aromatic N) is 3. The minimum atomic E-state index is -0.125. The van der Waals surface area contributed by atoms with E-state index in [1.807, 2.05) is 17.2 Å². The number of hydrogen-bond donors (Lipinski definition) is 0. The molecule has 0 N–H and O–H groups in total. The van der Waals surface area contributed by atoms with E-state index in [9.17, 15) is 4.79 Å². The second-order valence-electron chi connectivity index (χ2n) is 5.91. The molecule has 5 nitrogen and oxygen atoms in total. The van der Waals surface area contributed by atoms with Crippen molar-refractivity contribution >= 4 is 23.4 Å². The van der Waals surface area contributed by atoms with Crippen molar-refractivity contribution in [2.75, 3.05) is 44.4 Å². The Bertz CT molecular complexity index is 534. The van der Waals surface area contributed by atoms with Gasteiger partial charge < -0.3 is 14.5 Å². The number of carbonyl (C=O) groups is 1. The summed E-state index contributed by atoms with van der Waals surface area (Å²) in [6.07, 6.45) is 8.88. The summed E-state index contributed by atoms with van der Waals surface area (Å²) in [5.41, 5.74) is 1.06. The summed E-state index contributed by atoms with van der Waals surface area (Å²) in [4.78, 5) is 21.3. The molecule has 0 radical (unpaired) electrons. The molecule has 1 aliphatic heterocycles. The summed E-state index contributed by atoms with van der Waals surface area (Å²) in [5.74, 6) is 1.11. The molecule has 1 aliphatic carbocycles. The van der Waals surface area contributed by atoms with E-state index in [0.717, 1.165) is 50.5 Å². The van der Waals surface area contributed by atoms with Gasteiger partial charge in [-0.2, -0.15) is 0 Å². The molecular weight excluding hydrogens is 298 g/mol. The van der Waals surface area contributed by atoms with Gasteiger partial charge in [0.05, 0.1) is 29.9 Å². The van der Waals surface area contributed by atoms with Crippen LogP contribution in [0.4, 0.5) is 5.69 Å². The van der Waals surface area contributed by atoms with Crippen LogP contribution in [-0.2, 0) is 4.79 Å². The van der Waals surface area contributed by atoms with Crippen LogP contribution in [0.15, 0.2) is 18.5 Å². The molecule has 2 heterocycles. The third-order valence-electron chi connectivity index (χ3n) is 4.81. The first-order valence-corrected chi connectivity index (χ1v) is 8.99. The summed E-state index contributed by atoms with van der Waals surface area (Å²) in [6.45, 7) is 3.28. The fourth-order valence-corrected chi connectivity index (χ4v) is 4.15. The predicted octanol–water partition coefficient (Wildman–Crippen LogP) is 2.02. The maximum absolute atomic E-state index is 12.7. The molecule has 0 aromatic carbocycles. The monoisotopic (exact) mass is 321 g/mol. The number of carbonyl (C=O) groups excluding carboxylic acids is 1. The smallest absolute Gasteiger partial charge is 0.238 e. The Morgan fingerprint density at radius 1 is 1.27 bits per heavy atom. The average Bonchev–Trinajstić information content (AvgIpc) is 2.54. The molecule has 6 heteroatoms. The minimum absolute atomic E-state index is 0.125. The summed E-state index contributed by atoms with van der Waals surface area (Å²) in [6, 6.07) is 2.00. The van der Waals surface area contributed by atoms with E-state index in [1.165, 1.54) is 6.42 Å². The van der Waals surface area contributed by atoms with E-state index in [2.05, 4.69) is 16.1 Å². The number of ether oxygens (including phenoxy) is 1. The Labute approximate surface area is 136 Å². The summed E-state index contributed by atoms with van der Waals surface area (Å²) < 4.78 is 5.10. The van der Waals surface area contributed by atoms with Crippen LogP contribution in [0.2, 0.25) is 0 Å². The molecule has 1 saturated carbocycles. The zero-order valence-electron chi connectivity index (χ0n) is 13.2. The fraction of sp³-hybridized carbons (Fsp3) is 0.625. The number of pyridine rings is 1. The molecular formula is C16H23N3O2S. The minimum Gasteiger partial charge on any atom is -0.495 e. The molecule has 1 aromatic rings. The van der Waals surface area contributed by atoms with Crippen LogP contribution in [0.1, 0.15) is 19.3 Å². The summed E-state index contributed by atoms with van der Waals surface area (Å²) in [5, 5.41) is 0. The van der Waals surface area contributed by atoms with Crippen molar-refractivity contribution in [2.24, 2.45) is 0 Å². The van der Waals surface area contributed by atoms with Gasteiger partial charge in [0.1, 0.15) is 5.75 Å². The third-order valence-corrected chi connectivity index (χ3v) is 6.17. The number of rotatable bonds is 4. The van der Waals surface area contributed by atoms with Crippen LogP contribution < -0.4 is 9.64 Å². The van der Waals surface area contributed by atoms with Crippen LogP contribution in [-0.4, -0.2) is 60.1 Å². The first kappa shape index (κ1) is 15.5. The van der Waals surface area contributed by atoms with Gasteiger partial charge in [-0.1, -0.05) is 0 Å². The second kappa shape index (κ2) is 6.36. The zero-order chi connectivity index (χ0) is 15.6. The van der Waals surface area contributed by atoms with Gasteiger partial charge in [-0.15, -0.1) is 11.8 Å². The highest BCUT2D eigenvalue weighted by atomic mass is 32.2. The summed E-state index contributed by atoms with van der Waals surface area (Å²) >= 11 is 1.73. The lowest BCUT2D eigenvalue weighted by molar-refractivity contribution is -0.136. The molecule has 1 amide bonds. The van der Waals surface area contributed by atoms with Crippen LogP contribution in [0.5, 0.6) is 5.75 Å². The van der Waals surface area contributed by atoms with Gasteiger partial charge in [0.2, 0.25) is 5.91 Å². The topological polar surface area (TPSA) is 45.7 Å². The normalized spacial score (nSPS) is 20.5. The van der Waals surface area contributed by atoms with E-state index < -0.39 is 0 Å². The highest BCUT2D eigenvalue weighted by Gasteiger charge is 2.46. The molecule has 0 bridgehead atoms. The molecule has 3 rings (SSSR count). The maximum atomic E-state index is 12.7. The van der Waals surface area contributed by atoms with E-state index in [4.69, 9.17) is 4.74 Å². The number of anilines is 1. The number of amides is 1. The molecule has 22 heavy (non-hydrogen) atoms. The average molecular weight is 321 g/mol. The molecule has 120 valence electrons. The van der Waals surface area contributed by atoms with Crippen molar-refractivity contribution < 1.29 is 9.53 Å². The molecule has 0 unspecified atom stereocenters. The van der Waals surface area contributed by atoms with Gasteiger partial charge >= 0.3 is 0 Å². The fourth-order valence-electron chi connectivity index (χ4n) is 3.15. The van der Waals surface area contributed by atoms with Crippen molar-refractivity contribution in [3.63, 3.8) is 0 Å². The van der Waals surface area contributed by atoms with E-state index in [-0.39, 0.29) is 4.75 Å². The number of aromatic nitrogens is 1. The first-order chi connectivity index (χ1) is 10.7. The predicted molar refractivity (Wildman–Crippen MR) is 89.7 cm³/mol. The lowest BCUT2D eigenvalue weighted by Gasteiger charge is -2.45. The SMILES string of the molecule is COc1cncc(N2CCN(C(=O)C3(SC)CCC3)CC2)c1. The molecule has 2 aliphatic rings. The lowest BCUT2D eigenvalue weighted by Crippen LogP contribution is -2.56. The highest BCUT2D eigenvalue weighted by Crippen LogP contribution is 2.44. The molecule has 1 saturated heterocycles. The van der Waals surface area contributed by atoms with Crippen molar-refractivity contribution in [1.29, 1.82) is 0 Å². The number of piperazine rings is 1. The Morgan fingerprint density at radius 2 is 2.00 bits per heavy atom. The molecule has 0 spiro atoms. The maximum Gasteiger partial charge on any atom is 0.238 e. The van der Waals surface area contributed by atoms with Crippen LogP contribution in [0.3, 0.4) is 0 Å². The Kier molecular flexibility index (Phi) is 4.47. The molecule has 2 fully saturated rings. The Morgan fingerprint density at radius 3 is 2.55 bits per heavy atom. The number of methoxy groups -OCH3 is 1. The third kappa shape index (κ3) is 2.76. The quantitative estimate of drug-likeness (QED) is 0.849. The van der Waals surface area contributed by atoms with Crippen LogP contribution >= 0.6 is 11.8 Å². The van der Waals surface area contributed by atoms with Crippen molar-refractivity contribution in [1.82, 2.24) is 9.88 Å². The van der Waals surface area contributed by atoms with Crippen LogP contribution in [0, 0.1) is 0 Å². The van der Waals surface area contributed by atoms with E-state index in [1.54, 1.807) is 25.1 Å². The second-order valence-corrected chi connectivity index (χ2v) is 7.10. The molecule has 0 atom stereocenters. The van der Waals surface area contributed by atoms with Crippen molar-refractivity contribution in [3.8, 4) is 5.75 Å². The molecule has 1 aromatic heterocycles. The van der Waals surface area contributed by atoms with Crippen molar-refractivity contribution in [3.05, 3.63) is 18.5 Å². The van der Waals surface area contributed by atoms with Crippen LogP contribution in [0.25, 0.3) is 0 Å². The van der Waals surface area contributed by atoms with Gasteiger partial charge in [0.15, 0.2) is 0 Å². The first-order valence-electron chi connectivity index (χ1n) is 7.77. The van der Waals surface area contributed by atoms with Gasteiger partial charge in [-0.05, 0) is 25.5 Å².